The Labute approximate surface area is 173 Å². The number of likely N-dealkylation sites (tertiary alicyclic amines) is 1. The lowest BCUT2D eigenvalue weighted by atomic mass is 10.0. The minimum absolute atomic E-state index is 0.221. The zero-order valence-corrected chi connectivity index (χ0v) is 17.8. The molecule has 152 valence electrons. The molecule has 2 aromatic heterocycles. The van der Waals surface area contributed by atoms with Gasteiger partial charge in [-0.05, 0) is 55.7 Å². The van der Waals surface area contributed by atoms with Crippen LogP contribution in [0.15, 0.2) is 29.6 Å². The maximum atomic E-state index is 12.3. The fourth-order valence-corrected chi connectivity index (χ4v) is 5.44. The van der Waals surface area contributed by atoms with Crippen molar-refractivity contribution in [2.45, 2.75) is 57.1 Å². The van der Waals surface area contributed by atoms with Gasteiger partial charge in [0.05, 0.1) is 13.2 Å². The number of aryl methyl sites for hydroxylation is 1. The highest BCUT2D eigenvalue weighted by Crippen LogP contribution is 2.25. The largest absolute Gasteiger partial charge is 0.465 e. The van der Waals surface area contributed by atoms with Gasteiger partial charge in [0, 0.05) is 35.2 Å². The molecule has 3 rings (SSSR count). The molecule has 0 saturated carbocycles. The summed E-state index contributed by atoms with van der Waals surface area (Å²) < 4.78 is 4.74. The maximum absolute atomic E-state index is 12.3. The van der Waals surface area contributed by atoms with Gasteiger partial charge in [-0.25, -0.2) is 4.79 Å². The summed E-state index contributed by atoms with van der Waals surface area (Å²) >= 11 is 3.13. The molecule has 3 heterocycles. The third-order valence-electron chi connectivity index (χ3n) is 5.17. The second-order valence-electron chi connectivity index (χ2n) is 7.16. The van der Waals surface area contributed by atoms with Gasteiger partial charge in [-0.1, -0.05) is 6.07 Å². The van der Waals surface area contributed by atoms with Crippen LogP contribution in [0.1, 0.15) is 51.5 Å². The monoisotopic (exact) mass is 421 g/mol. The number of carbonyl (C=O) groups is 2. The molecule has 1 fully saturated rings. The summed E-state index contributed by atoms with van der Waals surface area (Å²) in [4.78, 5) is 28.8. The Balaban J connectivity index is 1.43. The fraction of sp³-hybridized carbons (Fsp3) is 0.524. The van der Waals surface area contributed by atoms with E-state index < -0.39 is 0 Å². The number of carbonyl (C=O) groups excluding carboxylic acids is 2. The first kappa shape index (κ1) is 21.0. The van der Waals surface area contributed by atoms with Gasteiger partial charge in [-0.3, -0.25) is 4.79 Å². The van der Waals surface area contributed by atoms with Crippen LogP contribution in [0.5, 0.6) is 0 Å². The Bertz CT molecular complexity index is 771. The smallest absolute Gasteiger partial charge is 0.348 e. The zero-order chi connectivity index (χ0) is 19.9. The van der Waals surface area contributed by atoms with E-state index in [0.717, 1.165) is 43.5 Å². The molecule has 0 spiro atoms. The Hall–Kier alpha value is -1.70. The normalized spacial score (nSPS) is 17.9. The second-order valence-corrected chi connectivity index (χ2v) is 9.36. The van der Waals surface area contributed by atoms with Crippen LogP contribution < -0.4 is 0 Å². The van der Waals surface area contributed by atoms with E-state index >= 15 is 0 Å². The number of hydrogen-bond donors (Lipinski definition) is 1. The predicted octanol–water partition coefficient (Wildman–Crippen LogP) is 3.90. The Morgan fingerprint density at radius 3 is 2.96 bits per heavy atom. The summed E-state index contributed by atoms with van der Waals surface area (Å²) in [5.74, 6) is -0.0775. The number of ether oxygens (including phenoxy) is 1. The standard InChI is InChI=1S/C21H27NO4S2/c1-26-21(25)19-10-9-17(28-19)4-2-12-22-15(7-11-20(22)24)6-8-16(23)14-18-5-3-13-27-18/h3,5,9-10,13,15-16,23H,2,4,6-8,11-12,14H2,1H3/t15-,16?/m0/s1. The number of aliphatic hydroxyl groups is 1. The molecule has 2 atom stereocenters. The Morgan fingerprint density at radius 1 is 1.36 bits per heavy atom. The molecule has 1 N–H and O–H groups in total. The molecule has 2 aromatic rings. The van der Waals surface area contributed by atoms with E-state index in [1.807, 2.05) is 22.4 Å². The van der Waals surface area contributed by atoms with Crippen LogP contribution in [0.4, 0.5) is 0 Å². The first-order valence-electron chi connectivity index (χ1n) is 9.73. The summed E-state index contributed by atoms with van der Waals surface area (Å²) in [6.45, 7) is 0.732. The van der Waals surface area contributed by atoms with Crippen LogP contribution in [0.3, 0.4) is 0 Å². The van der Waals surface area contributed by atoms with E-state index in [4.69, 9.17) is 4.74 Å². The molecule has 0 aliphatic carbocycles. The highest BCUT2D eigenvalue weighted by molar-refractivity contribution is 7.13. The molecule has 1 unspecified atom stereocenters. The van der Waals surface area contributed by atoms with Gasteiger partial charge in [0.2, 0.25) is 5.91 Å². The average Bonchev–Trinajstić information content (AvgIpc) is 3.43. The van der Waals surface area contributed by atoms with Crippen molar-refractivity contribution in [2.24, 2.45) is 0 Å². The van der Waals surface area contributed by atoms with Crippen molar-refractivity contribution in [3.05, 3.63) is 44.3 Å². The second kappa shape index (κ2) is 10.2. The van der Waals surface area contributed by atoms with Gasteiger partial charge in [0.1, 0.15) is 4.88 Å². The SMILES string of the molecule is COC(=O)c1ccc(CCCN2C(=O)CC[C@@H]2CCC(O)Cc2cccs2)s1. The van der Waals surface area contributed by atoms with Crippen molar-refractivity contribution in [2.75, 3.05) is 13.7 Å². The summed E-state index contributed by atoms with van der Waals surface area (Å²) in [6, 6.07) is 8.05. The molecule has 1 amide bonds. The van der Waals surface area contributed by atoms with Crippen molar-refractivity contribution in [3.63, 3.8) is 0 Å². The van der Waals surface area contributed by atoms with E-state index in [9.17, 15) is 14.7 Å². The van der Waals surface area contributed by atoms with E-state index in [-0.39, 0.29) is 24.0 Å². The van der Waals surface area contributed by atoms with Gasteiger partial charge in [0.15, 0.2) is 0 Å². The third kappa shape index (κ3) is 5.65. The highest BCUT2D eigenvalue weighted by Gasteiger charge is 2.30. The highest BCUT2D eigenvalue weighted by atomic mass is 32.1. The summed E-state index contributed by atoms with van der Waals surface area (Å²) in [5, 5.41) is 12.3. The molecular weight excluding hydrogens is 394 g/mol. The van der Waals surface area contributed by atoms with Gasteiger partial charge >= 0.3 is 5.97 Å². The van der Waals surface area contributed by atoms with Crippen LogP contribution in [0.2, 0.25) is 0 Å². The van der Waals surface area contributed by atoms with E-state index in [1.54, 1.807) is 17.4 Å². The first-order chi connectivity index (χ1) is 13.6. The molecule has 28 heavy (non-hydrogen) atoms. The number of hydrogen-bond acceptors (Lipinski definition) is 6. The maximum Gasteiger partial charge on any atom is 0.348 e. The molecule has 0 bridgehead atoms. The predicted molar refractivity (Wildman–Crippen MR) is 112 cm³/mol. The molecule has 0 aromatic carbocycles. The van der Waals surface area contributed by atoms with E-state index in [0.29, 0.717) is 17.7 Å². The number of thiophene rings is 2. The van der Waals surface area contributed by atoms with Gasteiger partial charge < -0.3 is 14.7 Å². The number of esters is 1. The Morgan fingerprint density at radius 2 is 2.21 bits per heavy atom. The molecule has 1 aliphatic rings. The van der Waals surface area contributed by atoms with Gasteiger partial charge in [0.25, 0.3) is 0 Å². The number of amides is 1. The van der Waals surface area contributed by atoms with Crippen LogP contribution in [0.25, 0.3) is 0 Å². The van der Waals surface area contributed by atoms with Crippen LogP contribution in [-0.2, 0) is 22.4 Å². The van der Waals surface area contributed by atoms with Crippen LogP contribution in [-0.4, -0.2) is 47.7 Å². The average molecular weight is 422 g/mol. The lowest BCUT2D eigenvalue weighted by Gasteiger charge is -2.25. The number of nitrogens with zero attached hydrogens (tertiary/aromatic N) is 1. The quantitative estimate of drug-likeness (QED) is 0.591. The van der Waals surface area contributed by atoms with E-state index in [1.165, 1.54) is 23.3 Å². The fourth-order valence-electron chi connectivity index (χ4n) is 3.69. The zero-order valence-electron chi connectivity index (χ0n) is 16.1. The lowest BCUT2D eigenvalue weighted by Crippen LogP contribution is -2.34. The third-order valence-corrected chi connectivity index (χ3v) is 7.20. The van der Waals surface area contributed by atoms with Crippen molar-refractivity contribution in [1.29, 1.82) is 0 Å². The lowest BCUT2D eigenvalue weighted by molar-refractivity contribution is -0.129. The van der Waals surface area contributed by atoms with Crippen molar-refractivity contribution in [1.82, 2.24) is 4.90 Å². The summed E-state index contributed by atoms with van der Waals surface area (Å²) in [5.41, 5.74) is 0. The van der Waals surface area contributed by atoms with Crippen molar-refractivity contribution >= 4 is 34.6 Å². The minimum atomic E-state index is -0.348. The van der Waals surface area contributed by atoms with Crippen molar-refractivity contribution in [3.8, 4) is 0 Å². The first-order valence-corrected chi connectivity index (χ1v) is 11.4. The van der Waals surface area contributed by atoms with Crippen LogP contribution in [0, 0.1) is 0 Å². The molecule has 1 saturated heterocycles. The molecule has 5 nitrogen and oxygen atoms in total. The van der Waals surface area contributed by atoms with Crippen LogP contribution >= 0.6 is 22.7 Å². The molecule has 1 aliphatic heterocycles. The minimum Gasteiger partial charge on any atom is -0.465 e. The molecule has 7 heteroatoms. The number of methoxy groups -OCH3 is 1. The summed E-state index contributed by atoms with van der Waals surface area (Å²) in [7, 11) is 1.39. The number of rotatable bonds is 10. The number of aliphatic hydroxyl groups excluding tert-OH is 1. The Kier molecular flexibility index (Phi) is 7.65. The van der Waals surface area contributed by atoms with Gasteiger partial charge in [-0.2, -0.15) is 0 Å². The summed E-state index contributed by atoms with van der Waals surface area (Å²) in [6.07, 6.45) is 5.13. The molecule has 0 radical (unpaired) electrons. The van der Waals surface area contributed by atoms with Gasteiger partial charge in [-0.15, -0.1) is 22.7 Å². The topological polar surface area (TPSA) is 66.8 Å². The van der Waals surface area contributed by atoms with Crippen molar-refractivity contribution < 1.29 is 19.4 Å². The van der Waals surface area contributed by atoms with E-state index in [2.05, 4.69) is 6.07 Å². The molecular formula is C21H27NO4S2.